The van der Waals surface area contributed by atoms with Gasteiger partial charge in [-0.2, -0.15) is 0 Å². The Hall–Kier alpha value is -4.20. The van der Waals surface area contributed by atoms with Crippen LogP contribution in [0, 0.1) is 19.7 Å². The minimum Gasteiger partial charge on any atom is -0.482 e. The van der Waals surface area contributed by atoms with E-state index in [0.717, 1.165) is 6.08 Å². The highest BCUT2D eigenvalue weighted by Crippen LogP contribution is 2.43. The lowest BCUT2D eigenvalue weighted by Crippen LogP contribution is -2.36. The number of ether oxygens (including phenoxy) is 2. The summed E-state index contributed by atoms with van der Waals surface area (Å²) in [5.74, 6) is 0.228. The van der Waals surface area contributed by atoms with Crippen molar-refractivity contribution in [1.29, 1.82) is 0 Å². The molecule has 0 saturated heterocycles. The van der Waals surface area contributed by atoms with E-state index in [-0.39, 0.29) is 29.1 Å². The lowest BCUT2D eigenvalue weighted by molar-refractivity contribution is -0.125. The van der Waals surface area contributed by atoms with Crippen LogP contribution < -0.4 is 20.3 Å². The maximum Gasteiger partial charge on any atom is 0.257 e. The molecule has 2 heterocycles. The summed E-state index contributed by atoms with van der Waals surface area (Å²) in [7, 11) is 1.59. The second kappa shape index (κ2) is 9.21. The summed E-state index contributed by atoms with van der Waals surface area (Å²) in [6.45, 7) is 8.60. The number of aryl methyl sites for hydroxylation is 3. The van der Waals surface area contributed by atoms with E-state index in [9.17, 15) is 18.8 Å². The number of hydrogen-bond donors (Lipinski definition) is 1. The van der Waals surface area contributed by atoms with E-state index in [2.05, 4.69) is 11.9 Å². The van der Waals surface area contributed by atoms with Gasteiger partial charge in [0.2, 0.25) is 5.91 Å². The molecule has 0 saturated carbocycles. The number of benzene rings is 2. The predicted molar refractivity (Wildman–Crippen MR) is 131 cm³/mol. The molecule has 7 nitrogen and oxygen atoms in total. The largest absolute Gasteiger partial charge is 0.482 e. The summed E-state index contributed by atoms with van der Waals surface area (Å²) < 4.78 is 27.4. The van der Waals surface area contributed by atoms with E-state index < -0.39 is 12.0 Å². The van der Waals surface area contributed by atoms with E-state index in [4.69, 9.17) is 9.47 Å². The van der Waals surface area contributed by atoms with Gasteiger partial charge in [0.25, 0.3) is 5.56 Å². The molecule has 1 unspecified atom stereocenters. The lowest BCUT2D eigenvalue weighted by atomic mass is 9.96. The molecule has 0 radical (unpaired) electrons. The highest BCUT2D eigenvalue weighted by molar-refractivity contribution is 5.99. The van der Waals surface area contributed by atoms with Gasteiger partial charge in [0.1, 0.15) is 23.1 Å². The molecule has 1 aliphatic heterocycles. The number of carbonyl (C=O) groups excluding carboxylic acids is 2. The molecule has 1 amide bonds. The van der Waals surface area contributed by atoms with Gasteiger partial charge in [-0.25, -0.2) is 4.39 Å². The normalized spacial score (nSPS) is 14.7. The van der Waals surface area contributed by atoms with Gasteiger partial charge in [0.05, 0.1) is 5.56 Å². The van der Waals surface area contributed by atoms with Crippen LogP contribution in [0.4, 0.5) is 10.1 Å². The topological polar surface area (TPSA) is 86.6 Å². The number of carbonyl (C=O) groups is 2. The van der Waals surface area contributed by atoms with E-state index in [1.807, 2.05) is 0 Å². The Kier molecular flexibility index (Phi) is 6.30. The number of Topliss-reactive ketones (excluding diaryl/α,β-unsaturated/α-hetero) is 1. The van der Waals surface area contributed by atoms with Crippen LogP contribution >= 0.6 is 0 Å². The molecular formula is C27H25FN2O5. The van der Waals surface area contributed by atoms with Crippen molar-refractivity contribution in [2.24, 2.45) is 7.05 Å². The average molecular weight is 477 g/mol. The Morgan fingerprint density at radius 1 is 1.20 bits per heavy atom. The van der Waals surface area contributed by atoms with E-state index in [1.54, 1.807) is 52.2 Å². The Labute approximate surface area is 201 Å². The number of halogens is 1. The third-order valence-electron chi connectivity index (χ3n) is 5.88. The van der Waals surface area contributed by atoms with E-state index in [1.165, 1.54) is 16.7 Å². The van der Waals surface area contributed by atoms with E-state index in [0.29, 0.717) is 45.2 Å². The van der Waals surface area contributed by atoms with Crippen molar-refractivity contribution in [3.8, 4) is 28.4 Å². The molecule has 0 fully saturated rings. The van der Waals surface area contributed by atoms with Gasteiger partial charge in [-0.15, -0.1) is 0 Å². The zero-order chi connectivity index (χ0) is 25.4. The minimum atomic E-state index is -0.719. The molecule has 1 N–H and O–H groups in total. The van der Waals surface area contributed by atoms with Gasteiger partial charge in [-0.05, 0) is 68.3 Å². The summed E-state index contributed by atoms with van der Waals surface area (Å²) in [6, 6.07) is 7.78. The summed E-state index contributed by atoms with van der Waals surface area (Å²) in [6.07, 6.45) is 1.99. The molecule has 180 valence electrons. The maximum atomic E-state index is 13.9. The second-order valence-corrected chi connectivity index (χ2v) is 8.54. The zero-order valence-corrected chi connectivity index (χ0v) is 19.9. The quantitative estimate of drug-likeness (QED) is 0.543. The van der Waals surface area contributed by atoms with Crippen molar-refractivity contribution in [2.45, 2.75) is 33.3 Å². The van der Waals surface area contributed by atoms with Crippen molar-refractivity contribution in [1.82, 2.24) is 4.57 Å². The third kappa shape index (κ3) is 4.59. The molecule has 1 aliphatic rings. The van der Waals surface area contributed by atoms with Gasteiger partial charge in [-0.3, -0.25) is 14.4 Å². The number of amides is 1. The number of nitrogens with one attached hydrogen (secondary N) is 1. The molecule has 8 heteroatoms. The van der Waals surface area contributed by atoms with Crippen LogP contribution in [0.2, 0.25) is 0 Å². The van der Waals surface area contributed by atoms with Crippen LogP contribution in [0.3, 0.4) is 0 Å². The number of anilines is 1. The molecule has 1 aromatic heterocycles. The number of fused-ring (bicyclic) bond motifs is 1. The molecule has 1 atom stereocenters. The van der Waals surface area contributed by atoms with Crippen molar-refractivity contribution < 1.29 is 23.5 Å². The SMILES string of the molecule is C=CC(=O)Nc1ccc(Oc2c(C)cc(F)cc2C)c(-c2cn(C)c(=O)c3c2OC(C)C(=O)C3)c1. The van der Waals surface area contributed by atoms with Crippen LogP contribution in [-0.2, 0) is 23.1 Å². The number of rotatable bonds is 5. The van der Waals surface area contributed by atoms with Gasteiger partial charge in [0.15, 0.2) is 11.9 Å². The lowest BCUT2D eigenvalue weighted by Gasteiger charge is -2.26. The van der Waals surface area contributed by atoms with Crippen molar-refractivity contribution in [3.63, 3.8) is 0 Å². The van der Waals surface area contributed by atoms with E-state index >= 15 is 0 Å². The van der Waals surface area contributed by atoms with Crippen molar-refractivity contribution >= 4 is 17.4 Å². The Morgan fingerprint density at radius 2 is 1.89 bits per heavy atom. The summed E-state index contributed by atoms with van der Waals surface area (Å²) in [5, 5.41) is 2.72. The zero-order valence-electron chi connectivity index (χ0n) is 19.9. The standard InChI is InChI=1S/C27H25FN2O5/c1-6-24(32)29-18-7-8-23(35-25-14(2)9-17(28)10-15(25)3)19(11-18)21-13-30(5)27(33)20-12-22(31)16(4)34-26(20)21/h6-11,13,16H,1,12H2,2-5H3,(H,29,32). The Morgan fingerprint density at radius 3 is 2.54 bits per heavy atom. The molecule has 0 bridgehead atoms. The molecule has 4 rings (SSSR count). The first-order valence-electron chi connectivity index (χ1n) is 11.0. The van der Waals surface area contributed by atoms with Crippen molar-refractivity contribution in [3.05, 3.63) is 82.0 Å². The van der Waals surface area contributed by atoms with Crippen LogP contribution in [-0.4, -0.2) is 22.4 Å². The van der Waals surface area contributed by atoms with Crippen molar-refractivity contribution in [2.75, 3.05) is 5.32 Å². The highest BCUT2D eigenvalue weighted by atomic mass is 19.1. The third-order valence-corrected chi connectivity index (χ3v) is 5.88. The molecular weight excluding hydrogens is 451 g/mol. The first-order valence-corrected chi connectivity index (χ1v) is 11.0. The maximum absolute atomic E-state index is 13.9. The van der Waals surface area contributed by atoms with Crippen LogP contribution in [0.5, 0.6) is 17.2 Å². The minimum absolute atomic E-state index is 0.0454. The van der Waals surface area contributed by atoms with Crippen LogP contribution in [0.15, 0.2) is 54.0 Å². The monoisotopic (exact) mass is 476 g/mol. The predicted octanol–water partition coefficient (Wildman–Crippen LogP) is 4.62. The number of nitrogens with zero attached hydrogens (tertiary/aromatic N) is 1. The molecule has 0 spiro atoms. The smallest absolute Gasteiger partial charge is 0.257 e. The molecule has 0 aliphatic carbocycles. The number of hydrogen-bond acceptors (Lipinski definition) is 5. The fraction of sp³-hybridized carbons (Fsp3) is 0.222. The molecule has 2 aromatic carbocycles. The van der Waals surface area contributed by atoms with Crippen LogP contribution in [0.25, 0.3) is 11.1 Å². The Bertz CT molecular complexity index is 1420. The van der Waals surface area contributed by atoms with Gasteiger partial charge < -0.3 is 19.4 Å². The first kappa shape index (κ1) is 23.9. The van der Waals surface area contributed by atoms with Gasteiger partial charge in [0, 0.05) is 36.5 Å². The molecule has 35 heavy (non-hydrogen) atoms. The summed E-state index contributed by atoms with van der Waals surface area (Å²) >= 11 is 0. The number of pyridine rings is 1. The first-order chi connectivity index (χ1) is 16.6. The number of aromatic nitrogens is 1. The summed E-state index contributed by atoms with van der Waals surface area (Å²) in [5.41, 5.74) is 2.65. The number of ketones is 1. The fourth-order valence-corrected chi connectivity index (χ4v) is 4.10. The summed E-state index contributed by atoms with van der Waals surface area (Å²) in [4.78, 5) is 37.0. The highest BCUT2D eigenvalue weighted by Gasteiger charge is 2.30. The molecule has 3 aromatic rings. The fourth-order valence-electron chi connectivity index (χ4n) is 4.10. The second-order valence-electron chi connectivity index (χ2n) is 8.54. The van der Waals surface area contributed by atoms with Gasteiger partial charge in [-0.1, -0.05) is 6.58 Å². The van der Waals surface area contributed by atoms with Crippen LogP contribution in [0.1, 0.15) is 23.6 Å². The van der Waals surface area contributed by atoms with Gasteiger partial charge >= 0.3 is 0 Å². The average Bonchev–Trinajstić information content (AvgIpc) is 2.80. The Balaban J connectivity index is 1.95.